The van der Waals surface area contributed by atoms with Crippen LogP contribution in [0.15, 0.2) is 53.4 Å². The highest BCUT2D eigenvalue weighted by molar-refractivity contribution is 8.00. The number of ketones is 1. The molecule has 2 aromatic carbocycles. The highest BCUT2D eigenvalue weighted by Crippen LogP contribution is 2.28. The number of ether oxygens (including phenoxy) is 1. The molecule has 0 saturated carbocycles. The van der Waals surface area contributed by atoms with Crippen LogP contribution in [0.4, 0.5) is 5.69 Å². The summed E-state index contributed by atoms with van der Waals surface area (Å²) in [4.78, 5) is 38.4. The van der Waals surface area contributed by atoms with E-state index >= 15 is 0 Å². The van der Waals surface area contributed by atoms with Crippen LogP contribution in [0, 0.1) is 17.0 Å². The number of aromatic amines is 1. The summed E-state index contributed by atoms with van der Waals surface area (Å²) in [6.45, 7) is 1.42. The molecule has 3 rings (SSSR count). The number of benzene rings is 2. The summed E-state index contributed by atoms with van der Waals surface area (Å²) >= 11 is 1.00. The van der Waals surface area contributed by atoms with Gasteiger partial charge in [-0.05, 0) is 19.1 Å². The molecular weight excluding hydrogens is 368 g/mol. The molecule has 1 aromatic heterocycles. The second-order valence-electron chi connectivity index (χ2n) is 5.77. The third kappa shape index (κ3) is 4.17. The van der Waals surface area contributed by atoms with Crippen LogP contribution in [0.3, 0.4) is 0 Å². The van der Waals surface area contributed by atoms with Crippen molar-refractivity contribution in [1.29, 1.82) is 0 Å². The molecule has 0 amide bonds. The highest BCUT2D eigenvalue weighted by atomic mass is 32.2. The number of thioether (sulfide) groups is 1. The van der Waals surface area contributed by atoms with E-state index in [0.717, 1.165) is 22.7 Å². The number of nitro groups is 1. The molecule has 0 fully saturated rings. The van der Waals surface area contributed by atoms with E-state index in [1.165, 1.54) is 6.07 Å². The van der Waals surface area contributed by atoms with Gasteiger partial charge in [-0.3, -0.25) is 19.7 Å². The maximum Gasteiger partial charge on any atom is 0.316 e. The number of carbonyl (C=O) groups is 2. The van der Waals surface area contributed by atoms with E-state index in [4.69, 9.17) is 4.74 Å². The van der Waals surface area contributed by atoms with Crippen molar-refractivity contribution < 1.29 is 19.2 Å². The van der Waals surface area contributed by atoms with Crippen molar-refractivity contribution in [1.82, 2.24) is 4.98 Å². The molecule has 0 aliphatic rings. The number of rotatable bonds is 7. The van der Waals surface area contributed by atoms with Crippen LogP contribution in [-0.4, -0.2) is 34.0 Å². The second-order valence-corrected chi connectivity index (χ2v) is 6.79. The average molecular weight is 384 g/mol. The molecule has 0 unspecified atom stereocenters. The van der Waals surface area contributed by atoms with Crippen molar-refractivity contribution in [3.8, 4) is 0 Å². The molecule has 0 spiro atoms. The SMILES string of the molecule is Cc1[nH]c2ccccc2c1C(=O)COC(=O)CSc1ccccc1[N+](=O)[O-]. The Bertz CT molecular complexity index is 1030. The largest absolute Gasteiger partial charge is 0.457 e. The van der Waals surface area contributed by atoms with Crippen LogP contribution >= 0.6 is 11.8 Å². The van der Waals surface area contributed by atoms with Gasteiger partial charge in [-0.2, -0.15) is 0 Å². The Balaban J connectivity index is 1.60. The van der Waals surface area contributed by atoms with Crippen LogP contribution in [0.5, 0.6) is 0 Å². The Labute approximate surface area is 158 Å². The van der Waals surface area contributed by atoms with E-state index < -0.39 is 10.9 Å². The number of nitro benzene ring substituents is 1. The third-order valence-electron chi connectivity index (χ3n) is 3.94. The minimum atomic E-state index is -0.607. The number of aromatic nitrogens is 1. The van der Waals surface area contributed by atoms with Crippen molar-refractivity contribution >= 4 is 40.1 Å². The average Bonchev–Trinajstić information content (AvgIpc) is 3.00. The first-order valence-electron chi connectivity index (χ1n) is 8.09. The predicted octanol–water partition coefficient (Wildman–Crippen LogP) is 3.90. The maximum atomic E-state index is 12.5. The topological polar surface area (TPSA) is 102 Å². The number of nitrogens with zero attached hydrogens (tertiary/aromatic N) is 1. The first kappa shape index (κ1) is 18.7. The summed E-state index contributed by atoms with van der Waals surface area (Å²) in [5, 5.41) is 11.8. The van der Waals surface area contributed by atoms with Crippen LogP contribution in [0.1, 0.15) is 16.1 Å². The quantitative estimate of drug-likeness (QED) is 0.218. The van der Waals surface area contributed by atoms with E-state index in [2.05, 4.69) is 4.98 Å². The lowest BCUT2D eigenvalue weighted by Gasteiger charge is -2.05. The van der Waals surface area contributed by atoms with Gasteiger partial charge in [0.15, 0.2) is 6.61 Å². The van der Waals surface area contributed by atoms with Crippen molar-refractivity contribution in [3.63, 3.8) is 0 Å². The molecule has 3 aromatic rings. The fourth-order valence-electron chi connectivity index (χ4n) is 2.76. The number of fused-ring (bicyclic) bond motifs is 1. The van der Waals surface area contributed by atoms with Crippen LogP contribution in [0.2, 0.25) is 0 Å². The number of hydrogen-bond donors (Lipinski definition) is 1. The molecule has 8 heteroatoms. The lowest BCUT2D eigenvalue weighted by atomic mass is 10.1. The molecule has 0 aliphatic heterocycles. The zero-order valence-electron chi connectivity index (χ0n) is 14.4. The van der Waals surface area contributed by atoms with Gasteiger partial charge >= 0.3 is 5.97 Å². The minimum absolute atomic E-state index is 0.0687. The molecule has 0 aliphatic carbocycles. The molecule has 1 heterocycles. The summed E-state index contributed by atoms with van der Waals surface area (Å²) in [6, 6.07) is 13.6. The van der Waals surface area contributed by atoms with Crippen LogP contribution < -0.4 is 0 Å². The van der Waals surface area contributed by atoms with E-state index in [9.17, 15) is 19.7 Å². The predicted molar refractivity (Wildman–Crippen MR) is 102 cm³/mol. The van der Waals surface area contributed by atoms with Gasteiger partial charge < -0.3 is 9.72 Å². The van der Waals surface area contributed by atoms with E-state index in [1.54, 1.807) is 25.1 Å². The Hall–Kier alpha value is -3.13. The zero-order valence-corrected chi connectivity index (χ0v) is 15.2. The van der Waals surface area contributed by atoms with Gasteiger partial charge in [0.05, 0.1) is 15.6 Å². The van der Waals surface area contributed by atoms with Gasteiger partial charge in [-0.25, -0.2) is 0 Å². The van der Waals surface area contributed by atoms with Crippen molar-refractivity contribution in [3.05, 3.63) is 69.9 Å². The molecule has 138 valence electrons. The van der Waals surface area contributed by atoms with E-state index in [-0.39, 0.29) is 23.8 Å². The number of hydrogen-bond acceptors (Lipinski definition) is 6. The van der Waals surface area contributed by atoms with Gasteiger partial charge in [0.25, 0.3) is 5.69 Å². The molecule has 7 nitrogen and oxygen atoms in total. The lowest BCUT2D eigenvalue weighted by Crippen LogP contribution is -2.16. The summed E-state index contributed by atoms with van der Waals surface area (Å²) in [5.74, 6) is -1.02. The van der Waals surface area contributed by atoms with Crippen LogP contribution in [-0.2, 0) is 9.53 Å². The third-order valence-corrected chi connectivity index (χ3v) is 4.98. The molecule has 27 heavy (non-hydrogen) atoms. The van der Waals surface area contributed by atoms with Gasteiger partial charge in [-0.15, -0.1) is 11.8 Å². The Kier molecular flexibility index (Phi) is 5.56. The monoisotopic (exact) mass is 384 g/mol. The van der Waals surface area contributed by atoms with E-state index in [0.29, 0.717) is 16.2 Å². The van der Waals surface area contributed by atoms with Gasteiger partial charge in [-0.1, -0.05) is 30.3 Å². The Morgan fingerprint density at radius 1 is 1.15 bits per heavy atom. The summed E-state index contributed by atoms with van der Waals surface area (Å²) in [7, 11) is 0. The Morgan fingerprint density at radius 2 is 1.85 bits per heavy atom. The molecule has 0 bridgehead atoms. The second kappa shape index (κ2) is 8.05. The molecular formula is C19H16N2O5S. The number of Topliss-reactive ketones (excluding diaryl/α,β-unsaturated/α-hetero) is 1. The standard InChI is InChI=1S/C19H16N2O5S/c1-12-19(13-6-2-3-7-14(13)20-12)16(22)10-26-18(23)11-27-17-9-5-4-8-15(17)21(24)25/h2-9,20H,10-11H2,1H3. The number of aryl methyl sites for hydroxylation is 1. The number of H-pyrrole nitrogens is 1. The van der Waals surface area contributed by atoms with Crippen LogP contribution in [0.25, 0.3) is 10.9 Å². The normalized spacial score (nSPS) is 10.7. The molecule has 0 atom stereocenters. The lowest BCUT2D eigenvalue weighted by molar-refractivity contribution is -0.387. The smallest absolute Gasteiger partial charge is 0.316 e. The van der Waals surface area contributed by atoms with Crippen molar-refractivity contribution in [2.24, 2.45) is 0 Å². The number of para-hydroxylation sites is 2. The number of carbonyl (C=O) groups excluding carboxylic acids is 2. The number of esters is 1. The van der Waals surface area contributed by atoms with E-state index in [1.807, 2.05) is 24.3 Å². The van der Waals surface area contributed by atoms with Gasteiger partial charge in [0.1, 0.15) is 0 Å². The minimum Gasteiger partial charge on any atom is -0.457 e. The highest BCUT2D eigenvalue weighted by Gasteiger charge is 2.19. The summed E-state index contributed by atoms with van der Waals surface area (Å²) in [5.41, 5.74) is 1.99. The van der Waals surface area contributed by atoms with Gasteiger partial charge in [0.2, 0.25) is 5.78 Å². The van der Waals surface area contributed by atoms with Crippen molar-refractivity contribution in [2.75, 3.05) is 12.4 Å². The fourth-order valence-corrected chi connectivity index (χ4v) is 3.58. The van der Waals surface area contributed by atoms with Crippen molar-refractivity contribution in [2.45, 2.75) is 11.8 Å². The summed E-state index contributed by atoms with van der Waals surface area (Å²) < 4.78 is 5.06. The number of nitrogens with one attached hydrogen (secondary N) is 1. The molecule has 0 saturated heterocycles. The Morgan fingerprint density at radius 3 is 2.63 bits per heavy atom. The zero-order chi connectivity index (χ0) is 19.4. The van der Waals surface area contributed by atoms with Gasteiger partial charge in [0, 0.05) is 28.2 Å². The molecule has 0 radical (unpaired) electrons. The fraction of sp³-hybridized carbons (Fsp3) is 0.158. The first-order chi connectivity index (χ1) is 13.0. The molecule has 1 N–H and O–H groups in total. The maximum absolute atomic E-state index is 12.5. The summed E-state index contributed by atoms with van der Waals surface area (Å²) in [6.07, 6.45) is 0. The first-order valence-corrected chi connectivity index (χ1v) is 9.08.